The van der Waals surface area contributed by atoms with Gasteiger partial charge in [0.15, 0.2) is 0 Å². The van der Waals surface area contributed by atoms with Gasteiger partial charge in [0.2, 0.25) is 0 Å². The van der Waals surface area contributed by atoms with Crippen molar-refractivity contribution in [2.45, 2.75) is 52.1 Å². The summed E-state index contributed by atoms with van der Waals surface area (Å²) in [6.07, 6.45) is 3.40. The van der Waals surface area contributed by atoms with E-state index in [1.807, 2.05) is 6.92 Å². The summed E-state index contributed by atoms with van der Waals surface area (Å²) in [6.45, 7) is 7.35. The summed E-state index contributed by atoms with van der Waals surface area (Å²) in [4.78, 5) is 0. The third kappa shape index (κ3) is 4.29. The molecule has 0 radical (unpaired) electrons. The van der Waals surface area contributed by atoms with E-state index in [0.717, 1.165) is 29.8 Å². The Hall–Kier alpha value is -1.39. The number of rotatable bonds is 8. The smallest absolute Gasteiger partial charge is 0.145 e. The molecule has 0 spiro atoms. The van der Waals surface area contributed by atoms with Crippen molar-refractivity contribution in [3.05, 3.63) is 28.8 Å². The van der Waals surface area contributed by atoms with Crippen LogP contribution in [0.25, 0.3) is 0 Å². The van der Waals surface area contributed by atoms with Gasteiger partial charge in [-0.3, -0.25) is 0 Å². The number of hydrogen-bond donors (Lipinski definition) is 3. The molecule has 1 aromatic rings. The number of anilines is 1. The van der Waals surface area contributed by atoms with E-state index in [4.69, 9.17) is 10.5 Å². The molecular weight excluding hydrogens is 262 g/mol. The fraction of sp³-hybridized carbons (Fsp3) is 0.588. The van der Waals surface area contributed by atoms with Crippen LogP contribution >= 0.6 is 0 Å². The van der Waals surface area contributed by atoms with E-state index in [0.29, 0.717) is 24.4 Å². The van der Waals surface area contributed by atoms with Crippen LogP contribution in [0.1, 0.15) is 55.8 Å². The highest BCUT2D eigenvalue weighted by molar-refractivity contribution is 6.02. The van der Waals surface area contributed by atoms with Crippen molar-refractivity contribution in [3.63, 3.8) is 0 Å². The van der Waals surface area contributed by atoms with Crippen molar-refractivity contribution in [2.24, 2.45) is 0 Å². The van der Waals surface area contributed by atoms with Crippen molar-refractivity contribution in [1.29, 1.82) is 5.41 Å². The summed E-state index contributed by atoms with van der Waals surface area (Å²) in [7, 11) is 0. The lowest BCUT2D eigenvalue weighted by Crippen LogP contribution is -2.21. The quantitative estimate of drug-likeness (QED) is 0.391. The minimum atomic E-state index is 0.341. The lowest BCUT2D eigenvalue weighted by Gasteiger charge is -2.20. The largest absolute Gasteiger partial charge is 0.445 e. The van der Waals surface area contributed by atoms with Crippen molar-refractivity contribution in [2.75, 3.05) is 18.5 Å². The Balaban J connectivity index is 2.23. The molecule has 4 nitrogen and oxygen atoms in total. The van der Waals surface area contributed by atoms with E-state index in [2.05, 4.69) is 36.6 Å². The third-order valence-electron chi connectivity index (χ3n) is 3.96. The van der Waals surface area contributed by atoms with Crippen molar-refractivity contribution in [1.82, 2.24) is 5.32 Å². The molecule has 5 N–H and O–H groups in total. The molecule has 21 heavy (non-hydrogen) atoms. The molecule has 1 aromatic carbocycles. The summed E-state index contributed by atoms with van der Waals surface area (Å²) >= 11 is 0. The first kappa shape index (κ1) is 16.0. The van der Waals surface area contributed by atoms with Gasteiger partial charge in [-0.05, 0) is 50.8 Å². The molecule has 1 saturated carbocycles. The van der Waals surface area contributed by atoms with E-state index < -0.39 is 0 Å². The first-order valence-electron chi connectivity index (χ1n) is 7.87. The molecule has 0 amide bonds. The second kappa shape index (κ2) is 7.05. The monoisotopic (exact) mass is 290 g/mol. The van der Waals surface area contributed by atoms with Crippen LogP contribution in [0.15, 0.2) is 12.1 Å². The zero-order chi connectivity index (χ0) is 15.4. The first-order valence-corrected chi connectivity index (χ1v) is 7.87. The van der Waals surface area contributed by atoms with Crippen LogP contribution < -0.4 is 10.6 Å². The van der Waals surface area contributed by atoms with Crippen LogP contribution in [0, 0.1) is 12.3 Å². The Morgan fingerprint density at radius 3 is 2.71 bits per heavy atom. The predicted molar refractivity (Wildman–Crippen MR) is 89.8 cm³/mol. The molecule has 1 aliphatic rings. The predicted octanol–water partition coefficient (Wildman–Crippen LogP) is 2.72. The summed E-state index contributed by atoms with van der Waals surface area (Å²) in [5, 5.41) is 22.3. The van der Waals surface area contributed by atoms with Gasteiger partial charge >= 0.3 is 0 Å². The Morgan fingerprint density at radius 2 is 2.14 bits per heavy atom. The van der Waals surface area contributed by atoms with Crippen LogP contribution in [-0.2, 0) is 0 Å². The molecule has 0 aromatic heterocycles. The maximum Gasteiger partial charge on any atom is 0.145 e. The normalized spacial score (nSPS) is 15.8. The van der Waals surface area contributed by atoms with Gasteiger partial charge in [0.05, 0.1) is 0 Å². The van der Waals surface area contributed by atoms with Gasteiger partial charge in [-0.2, -0.15) is 0 Å². The number of hydrogen-bond acceptors (Lipinski definition) is 3. The van der Waals surface area contributed by atoms with Crippen LogP contribution in [0.2, 0.25) is 0 Å². The van der Waals surface area contributed by atoms with Crippen molar-refractivity contribution >= 4 is 11.4 Å². The van der Waals surface area contributed by atoms with Gasteiger partial charge in [0.25, 0.3) is 0 Å². The van der Waals surface area contributed by atoms with Crippen molar-refractivity contribution in [3.8, 4) is 0 Å². The summed E-state index contributed by atoms with van der Waals surface area (Å²) in [5.74, 6) is 0. The molecule has 0 bridgehead atoms. The topological polar surface area (TPSA) is 70.8 Å². The highest BCUT2D eigenvalue weighted by Crippen LogP contribution is 2.29. The SMILES string of the molecule is CC(=N)c1c(C)cc(C(C)NC2CC2)cc1NCCC[OH2+]. The standard InChI is InChI=1S/C17H27N3O/c1-11-9-14(13(3)20-15-5-6-15)10-16(17(11)12(2)18)19-7-4-8-21/h9-10,13,15,18-21H,4-8H2,1-3H3/p+1. The van der Waals surface area contributed by atoms with E-state index in [1.165, 1.54) is 18.4 Å². The highest BCUT2D eigenvalue weighted by atomic mass is 16.3. The lowest BCUT2D eigenvalue weighted by atomic mass is 9.96. The molecule has 1 atom stereocenters. The Morgan fingerprint density at radius 1 is 1.43 bits per heavy atom. The Kier molecular flexibility index (Phi) is 5.37. The van der Waals surface area contributed by atoms with Crippen LogP contribution in [0.3, 0.4) is 0 Å². The number of aryl methyl sites for hydroxylation is 1. The number of benzene rings is 1. The average Bonchev–Trinajstić information content (AvgIpc) is 3.21. The van der Waals surface area contributed by atoms with Crippen molar-refractivity contribution < 1.29 is 5.11 Å². The Bertz CT molecular complexity index is 509. The van der Waals surface area contributed by atoms with Crippen LogP contribution in [-0.4, -0.2) is 30.0 Å². The molecule has 0 heterocycles. The van der Waals surface area contributed by atoms with Gasteiger partial charge < -0.3 is 21.1 Å². The molecule has 4 heteroatoms. The van der Waals surface area contributed by atoms with E-state index in [9.17, 15) is 0 Å². The molecule has 2 rings (SSSR count). The van der Waals surface area contributed by atoms with Gasteiger partial charge in [-0.1, -0.05) is 6.07 Å². The summed E-state index contributed by atoms with van der Waals surface area (Å²) in [6, 6.07) is 5.39. The number of nitrogens with one attached hydrogen (secondary N) is 3. The average molecular weight is 290 g/mol. The molecule has 116 valence electrons. The minimum absolute atomic E-state index is 0.341. The zero-order valence-electron chi connectivity index (χ0n) is 13.3. The zero-order valence-corrected chi connectivity index (χ0v) is 13.3. The minimum Gasteiger partial charge on any atom is -0.445 e. The summed E-state index contributed by atoms with van der Waals surface area (Å²) < 4.78 is 0. The fourth-order valence-electron chi connectivity index (χ4n) is 2.71. The maximum absolute atomic E-state index is 8.01. The molecule has 1 unspecified atom stereocenters. The molecule has 1 aliphatic carbocycles. The lowest BCUT2D eigenvalue weighted by molar-refractivity contribution is 0.292. The van der Waals surface area contributed by atoms with Crippen LogP contribution in [0.5, 0.6) is 0 Å². The van der Waals surface area contributed by atoms with E-state index >= 15 is 0 Å². The molecule has 0 aliphatic heterocycles. The first-order chi connectivity index (χ1) is 10.0. The van der Waals surface area contributed by atoms with E-state index in [1.54, 1.807) is 0 Å². The second-order valence-electron chi connectivity index (χ2n) is 6.08. The third-order valence-corrected chi connectivity index (χ3v) is 3.96. The van der Waals surface area contributed by atoms with Crippen LogP contribution in [0.4, 0.5) is 5.69 Å². The Labute approximate surface area is 127 Å². The van der Waals surface area contributed by atoms with Gasteiger partial charge in [0.1, 0.15) is 6.61 Å². The van der Waals surface area contributed by atoms with Gasteiger partial charge in [-0.15, -0.1) is 0 Å². The highest BCUT2D eigenvalue weighted by Gasteiger charge is 2.24. The van der Waals surface area contributed by atoms with Gasteiger partial charge in [0, 0.05) is 42.0 Å². The van der Waals surface area contributed by atoms with E-state index in [-0.39, 0.29) is 0 Å². The molecule has 1 fully saturated rings. The summed E-state index contributed by atoms with van der Waals surface area (Å²) in [5.41, 5.74) is 5.06. The van der Waals surface area contributed by atoms with Gasteiger partial charge in [-0.25, -0.2) is 0 Å². The molecule has 0 saturated heterocycles. The second-order valence-corrected chi connectivity index (χ2v) is 6.08. The maximum atomic E-state index is 8.01. The fourth-order valence-corrected chi connectivity index (χ4v) is 2.71. The molecular formula is C17H28N3O+.